The summed E-state index contributed by atoms with van der Waals surface area (Å²) in [5.74, 6) is -0.140. The molecule has 2 aliphatic rings. The molecule has 1 saturated heterocycles. The van der Waals surface area contributed by atoms with Gasteiger partial charge in [-0.3, -0.25) is 4.79 Å². The van der Waals surface area contributed by atoms with E-state index in [4.69, 9.17) is 0 Å². The van der Waals surface area contributed by atoms with Crippen molar-refractivity contribution in [1.29, 1.82) is 0 Å². The number of urea groups is 1. The zero-order valence-corrected chi connectivity index (χ0v) is 12.2. The summed E-state index contributed by atoms with van der Waals surface area (Å²) in [4.78, 5) is 23.2. The van der Waals surface area contributed by atoms with Gasteiger partial charge in [-0.2, -0.15) is 0 Å². The molecule has 3 N–H and O–H groups in total. The summed E-state index contributed by atoms with van der Waals surface area (Å²) in [6.45, 7) is 2.33. The van der Waals surface area contributed by atoms with Crippen molar-refractivity contribution in [3.63, 3.8) is 0 Å². The van der Waals surface area contributed by atoms with Crippen LogP contribution in [0.5, 0.6) is 0 Å². The number of aryl methyl sites for hydroxylation is 2. The van der Waals surface area contributed by atoms with E-state index in [1.807, 2.05) is 6.92 Å². The molecule has 3 amide bonds. The van der Waals surface area contributed by atoms with Crippen LogP contribution in [0.15, 0.2) is 18.2 Å². The second-order valence-electron chi connectivity index (χ2n) is 5.87. The van der Waals surface area contributed by atoms with Crippen LogP contribution < -0.4 is 16.0 Å². The van der Waals surface area contributed by atoms with Crippen LogP contribution in [0.2, 0.25) is 0 Å². The van der Waals surface area contributed by atoms with E-state index in [2.05, 4.69) is 34.1 Å². The van der Waals surface area contributed by atoms with Crippen molar-refractivity contribution >= 4 is 11.9 Å². The minimum absolute atomic E-state index is 0.0535. The molecule has 1 aliphatic carbocycles. The zero-order chi connectivity index (χ0) is 14.8. The number of carbonyl (C=O) groups excluding carboxylic acids is 2. The molecule has 1 aromatic carbocycles. The van der Waals surface area contributed by atoms with Crippen LogP contribution in [-0.4, -0.2) is 24.5 Å². The first kappa shape index (κ1) is 13.9. The lowest BCUT2D eigenvalue weighted by Gasteiger charge is -2.21. The van der Waals surface area contributed by atoms with Gasteiger partial charge in [-0.05, 0) is 49.3 Å². The first-order valence-corrected chi connectivity index (χ1v) is 7.60. The molecule has 5 heteroatoms. The van der Waals surface area contributed by atoms with E-state index in [1.54, 1.807) is 0 Å². The van der Waals surface area contributed by atoms with E-state index in [0.717, 1.165) is 18.4 Å². The van der Waals surface area contributed by atoms with Crippen LogP contribution in [0.3, 0.4) is 0 Å². The molecule has 5 nitrogen and oxygen atoms in total. The molecule has 1 heterocycles. The number of hydrogen-bond donors (Lipinski definition) is 3. The SMILES string of the molecule is CC(NC(=O)C1CNC(=O)N1)c1ccc2c(c1)CCCC2. The average Bonchev–Trinajstić information content (AvgIpc) is 2.93. The van der Waals surface area contributed by atoms with Crippen molar-refractivity contribution in [3.8, 4) is 0 Å². The molecular weight excluding hydrogens is 266 g/mol. The number of benzene rings is 1. The molecular formula is C16H21N3O2. The Kier molecular flexibility index (Phi) is 3.82. The molecule has 21 heavy (non-hydrogen) atoms. The van der Waals surface area contributed by atoms with Gasteiger partial charge in [0.2, 0.25) is 5.91 Å². The molecule has 2 unspecified atom stereocenters. The molecule has 1 aromatic rings. The minimum atomic E-state index is -0.474. The molecule has 0 spiro atoms. The lowest BCUT2D eigenvalue weighted by Crippen LogP contribution is -2.43. The molecule has 112 valence electrons. The fourth-order valence-corrected chi connectivity index (χ4v) is 3.03. The van der Waals surface area contributed by atoms with Crippen LogP contribution in [0.25, 0.3) is 0 Å². The Morgan fingerprint density at radius 2 is 2.05 bits per heavy atom. The summed E-state index contributed by atoms with van der Waals surface area (Å²) < 4.78 is 0. The lowest BCUT2D eigenvalue weighted by molar-refractivity contribution is -0.123. The number of rotatable bonds is 3. The monoisotopic (exact) mass is 287 g/mol. The normalized spacial score (nSPS) is 22.0. The minimum Gasteiger partial charge on any atom is -0.348 e. The topological polar surface area (TPSA) is 70.2 Å². The van der Waals surface area contributed by atoms with E-state index in [9.17, 15) is 9.59 Å². The zero-order valence-electron chi connectivity index (χ0n) is 12.2. The van der Waals surface area contributed by atoms with Crippen LogP contribution in [-0.2, 0) is 17.6 Å². The fourth-order valence-electron chi connectivity index (χ4n) is 3.03. The van der Waals surface area contributed by atoms with Crippen molar-refractivity contribution in [2.75, 3.05) is 6.54 Å². The Morgan fingerprint density at radius 3 is 2.76 bits per heavy atom. The number of fused-ring (bicyclic) bond motifs is 1. The highest BCUT2D eigenvalue weighted by Gasteiger charge is 2.27. The average molecular weight is 287 g/mol. The highest BCUT2D eigenvalue weighted by atomic mass is 16.2. The number of amides is 3. The largest absolute Gasteiger partial charge is 0.348 e. The molecule has 3 rings (SSSR count). The third-order valence-corrected chi connectivity index (χ3v) is 4.32. The van der Waals surface area contributed by atoms with Gasteiger partial charge in [-0.15, -0.1) is 0 Å². The third-order valence-electron chi connectivity index (χ3n) is 4.32. The highest BCUT2D eigenvalue weighted by Crippen LogP contribution is 2.24. The molecule has 2 atom stereocenters. The summed E-state index contributed by atoms with van der Waals surface area (Å²) in [7, 11) is 0. The second-order valence-corrected chi connectivity index (χ2v) is 5.87. The van der Waals surface area contributed by atoms with Gasteiger partial charge >= 0.3 is 6.03 Å². The van der Waals surface area contributed by atoms with E-state index in [0.29, 0.717) is 6.54 Å². The van der Waals surface area contributed by atoms with E-state index in [1.165, 1.54) is 24.0 Å². The smallest absolute Gasteiger partial charge is 0.315 e. The van der Waals surface area contributed by atoms with Gasteiger partial charge in [0, 0.05) is 6.54 Å². The van der Waals surface area contributed by atoms with Crippen LogP contribution >= 0.6 is 0 Å². The summed E-state index contributed by atoms with van der Waals surface area (Å²) in [6.07, 6.45) is 4.81. The predicted octanol–water partition coefficient (Wildman–Crippen LogP) is 1.42. The number of nitrogens with one attached hydrogen (secondary N) is 3. The third kappa shape index (κ3) is 3.01. The van der Waals surface area contributed by atoms with Crippen molar-refractivity contribution in [2.24, 2.45) is 0 Å². The summed E-state index contributed by atoms with van der Waals surface area (Å²) in [5.41, 5.74) is 3.98. The molecule has 0 aromatic heterocycles. The molecule has 0 bridgehead atoms. The maximum atomic E-state index is 12.1. The molecule has 1 fully saturated rings. The van der Waals surface area contributed by atoms with Crippen LogP contribution in [0.4, 0.5) is 4.79 Å². The summed E-state index contributed by atoms with van der Waals surface area (Å²) in [5, 5.41) is 8.16. The highest BCUT2D eigenvalue weighted by molar-refractivity contribution is 5.90. The van der Waals surface area contributed by atoms with Crippen LogP contribution in [0, 0.1) is 0 Å². The molecule has 0 saturated carbocycles. The van der Waals surface area contributed by atoms with Gasteiger partial charge in [-0.25, -0.2) is 4.79 Å². The van der Waals surface area contributed by atoms with Crippen molar-refractivity contribution < 1.29 is 9.59 Å². The van der Waals surface area contributed by atoms with Gasteiger partial charge in [0.15, 0.2) is 0 Å². The summed E-state index contributed by atoms with van der Waals surface area (Å²) >= 11 is 0. The Bertz CT molecular complexity index is 571. The second kappa shape index (κ2) is 5.76. The van der Waals surface area contributed by atoms with Crippen molar-refractivity contribution in [1.82, 2.24) is 16.0 Å². The first-order valence-electron chi connectivity index (χ1n) is 7.60. The Hall–Kier alpha value is -2.04. The lowest BCUT2D eigenvalue weighted by atomic mass is 9.89. The fraction of sp³-hybridized carbons (Fsp3) is 0.500. The van der Waals surface area contributed by atoms with Gasteiger partial charge in [0.05, 0.1) is 6.04 Å². The van der Waals surface area contributed by atoms with Crippen LogP contribution in [0.1, 0.15) is 42.5 Å². The van der Waals surface area contributed by atoms with Gasteiger partial charge in [0.25, 0.3) is 0 Å². The van der Waals surface area contributed by atoms with E-state index in [-0.39, 0.29) is 18.0 Å². The van der Waals surface area contributed by atoms with Gasteiger partial charge in [0.1, 0.15) is 6.04 Å². The first-order chi connectivity index (χ1) is 10.1. The summed E-state index contributed by atoms with van der Waals surface area (Å²) in [6, 6.07) is 5.69. The Balaban J connectivity index is 1.66. The Labute approximate surface area is 124 Å². The maximum absolute atomic E-state index is 12.1. The number of carbonyl (C=O) groups is 2. The van der Waals surface area contributed by atoms with Gasteiger partial charge < -0.3 is 16.0 Å². The molecule has 1 aliphatic heterocycles. The van der Waals surface area contributed by atoms with Crippen molar-refractivity contribution in [2.45, 2.75) is 44.7 Å². The standard InChI is InChI=1S/C16H21N3O2/c1-10(18-15(20)14-9-17-16(21)19-14)12-7-6-11-4-2-3-5-13(11)8-12/h6-8,10,14H,2-5,9H2,1H3,(H,18,20)(H2,17,19,21). The van der Waals surface area contributed by atoms with E-state index >= 15 is 0 Å². The van der Waals surface area contributed by atoms with Crippen molar-refractivity contribution in [3.05, 3.63) is 34.9 Å². The Morgan fingerprint density at radius 1 is 1.29 bits per heavy atom. The molecule has 0 radical (unpaired) electrons. The van der Waals surface area contributed by atoms with E-state index < -0.39 is 6.04 Å². The predicted molar refractivity (Wildman–Crippen MR) is 80.0 cm³/mol. The maximum Gasteiger partial charge on any atom is 0.315 e. The number of hydrogen-bond acceptors (Lipinski definition) is 2. The van der Waals surface area contributed by atoms with Gasteiger partial charge in [-0.1, -0.05) is 18.2 Å². The quantitative estimate of drug-likeness (QED) is 0.787.